The molecule has 0 radical (unpaired) electrons. The number of furan rings is 1. The van der Waals surface area contributed by atoms with Gasteiger partial charge in [0.1, 0.15) is 5.58 Å². The van der Waals surface area contributed by atoms with E-state index in [0.717, 1.165) is 37.4 Å². The first-order valence-corrected chi connectivity index (χ1v) is 6.54. The van der Waals surface area contributed by atoms with E-state index in [4.69, 9.17) is 16.0 Å². The van der Waals surface area contributed by atoms with Crippen molar-refractivity contribution in [2.75, 3.05) is 26.0 Å². The molecule has 1 aromatic carbocycles. The highest BCUT2D eigenvalue weighted by atomic mass is 35.5. The number of fused-ring (bicyclic) bond motifs is 1. The van der Waals surface area contributed by atoms with Crippen LogP contribution < -0.4 is 0 Å². The van der Waals surface area contributed by atoms with Gasteiger partial charge in [-0.1, -0.05) is 18.2 Å². The van der Waals surface area contributed by atoms with Crippen molar-refractivity contribution in [1.82, 2.24) is 4.90 Å². The van der Waals surface area contributed by atoms with Gasteiger partial charge in [-0.2, -0.15) is 0 Å². The molecule has 1 heterocycles. The molecule has 2 rings (SSSR count). The zero-order valence-corrected chi connectivity index (χ0v) is 10.9. The Morgan fingerprint density at radius 2 is 2.06 bits per heavy atom. The van der Waals surface area contributed by atoms with Crippen molar-refractivity contribution < 1.29 is 4.42 Å². The predicted molar refractivity (Wildman–Crippen MR) is 72.8 cm³/mol. The fraction of sp³-hybridized carbons (Fsp3) is 0.429. The van der Waals surface area contributed by atoms with Crippen LogP contribution in [0.5, 0.6) is 0 Å². The van der Waals surface area contributed by atoms with Gasteiger partial charge in [0, 0.05) is 17.8 Å². The molecule has 1 aromatic heterocycles. The minimum absolute atomic E-state index is 0.735. The Bertz CT molecular complexity index is 466. The lowest BCUT2D eigenvalue weighted by Crippen LogP contribution is -2.22. The van der Waals surface area contributed by atoms with E-state index in [0.29, 0.717) is 0 Å². The van der Waals surface area contributed by atoms with Gasteiger partial charge in [-0.15, -0.1) is 11.6 Å². The molecule has 0 aliphatic rings. The third-order valence-corrected chi connectivity index (χ3v) is 3.26. The van der Waals surface area contributed by atoms with E-state index in [1.165, 1.54) is 10.9 Å². The summed E-state index contributed by atoms with van der Waals surface area (Å²) < 4.78 is 5.52. The number of halogens is 1. The zero-order valence-electron chi connectivity index (χ0n) is 10.2. The third-order valence-electron chi connectivity index (χ3n) is 3.00. The van der Waals surface area contributed by atoms with Crippen LogP contribution in [-0.2, 0) is 6.42 Å². The van der Waals surface area contributed by atoms with E-state index in [-0.39, 0.29) is 0 Å². The summed E-state index contributed by atoms with van der Waals surface area (Å²) in [6.45, 7) is 2.10. The van der Waals surface area contributed by atoms with E-state index in [9.17, 15) is 0 Å². The minimum atomic E-state index is 0.735. The molecule has 2 nitrogen and oxygen atoms in total. The van der Waals surface area contributed by atoms with Crippen LogP contribution in [0.1, 0.15) is 12.0 Å². The summed E-state index contributed by atoms with van der Waals surface area (Å²) in [7, 11) is 2.13. The van der Waals surface area contributed by atoms with Gasteiger partial charge in [0.15, 0.2) is 0 Å². The first-order valence-electron chi connectivity index (χ1n) is 6.01. The summed E-state index contributed by atoms with van der Waals surface area (Å²) in [5, 5.41) is 1.23. The van der Waals surface area contributed by atoms with Crippen LogP contribution in [0.25, 0.3) is 11.0 Å². The summed E-state index contributed by atoms with van der Waals surface area (Å²) >= 11 is 5.68. The van der Waals surface area contributed by atoms with E-state index < -0.39 is 0 Å². The zero-order chi connectivity index (χ0) is 12.1. The second-order valence-electron chi connectivity index (χ2n) is 4.35. The second kappa shape index (κ2) is 6.08. The molecular weight excluding hydrogens is 234 g/mol. The number of para-hydroxylation sites is 1. The number of benzene rings is 1. The van der Waals surface area contributed by atoms with Crippen LogP contribution in [0.2, 0.25) is 0 Å². The summed E-state index contributed by atoms with van der Waals surface area (Å²) in [6.07, 6.45) is 3.94. The first-order chi connectivity index (χ1) is 8.31. The molecule has 0 fully saturated rings. The molecule has 0 saturated heterocycles. The largest absolute Gasteiger partial charge is 0.464 e. The smallest absolute Gasteiger partial charge is 0.134 e. The topological polar surface area (TPSA) is 16.4 Å². The van der Waals surface area contributed by atoms with E-state index in [1.807, 2.05) is 18.4 Å². The molecule has 0 atom stereocenters. The molecule has 17 heavy (non-hydrogen) atoms. The molecule has 92 valence electrons. The van der Waals surface area contributed by atoms with Crippen molar-refractivity contribution >= 4 is 22.6 Å². The lowest BCUT2D eigenvalue weighted by atomic mass is 10.1. The summed E-state index contributed by atoms with van der Waals surface area (Å²) in [6, 6.07) is 8.18. The normalized spacial score (nSPS) is 11.5. The van der Waals surface area contributed by atoms with Gasteiger partial charge >= 0.3 is 0 Å². The number of rotatable bonds is 6. The van der Waals surface area contributed by atoms with Crippen molar-refractivity contribution in [2.24, 2.45) is 0 Å². The van der Waals surface area contributed by atoms with Crippen molar-refractivity contribution in [3.05, 3.63) is 36.1 Å². The van der Waals surface area contributed by atoms with Gasteiger partial charge < -0.3 is 9.32 Å². The van der Waals surface area contributed by atoms with Gasteiger partial charge in [-0.05, 0) is 38.1 Å². The summed E-state index contributed by atoms with van der Waals surface area (Å²) in [4.78, 5) is 2.31. The Kier molecular flexibility index (Phi) is 4.46. The number of likely N-dealkylation sites (N-methyl/N-ethyl adjacent to an activating group) is 1. The average molecular weight is 252 g/mol. The number of hydrogen-bond donors (Lipinski definition) is 0. The standard InChI is InChI=1S/C14H18ClNO/c1-16(9-4-8-15)10-7-12-11-17-14-6-3-2-5-13(12)14/h2-3,5-6,11H,4,7-10H2,1H3. The number of nitrogens with zero attached hydrogens (tertiary/aromatic N) is 1. The van der Waals surface area contributed by atoms with Crippen LogP contribution in [0.4, 0.5) is 0 Å². The van der Waals surface area contributed by atoms with Gasteiger partial charge in [-0.3, -0.25) is 0 Å². The maximum atomic E-state index is 5.68. The highest BCUT2D eigenvalue weighted by molar-refractivity contribution is 6.17. The third kappa shape index (κ3) is 3.24. The Hall–Kier alpha value is -0.990. The van der Waals surface area contributed by atoms with E-state index in [2.05, 4.69) is 24.1 Å². The Labute approximate surface area is 107 Å². The lowest BCUT2D eigenvalue weighted by Gasteiger charge is -2.14. The molecule has 0 aliphatic heterocycles. The minimum Gasteiger partial charge on any atom is -0.464 e. The molecule has 3 heteroatoms. The van der Waals surface area contributed by atoms with Crippen LogP contribution >= 0.6 is 11.6 Å². The maximum absolute atomic E-state index is 5.68. The predicted octanol–water partition coefficient (Wildman–Crippen LogP) is 3.54. The Morgan fingerprint density at radius 3 is 2.88 bits per heavy atom. The summed E-state index contributed by atoms with van der Waals surface area (Å²) in [5.74, 6) is 0.735. The molecular formula is C14H18ClNO. The SMILES string of the molecule is CN(CCCCl)CCc1coc2ccccc12. The number of hydrogen-bond acceptors (Lipinski definition) is 2. The molecule has 0 amide bonds. The first kappa shape index (κ1) is 12.5. The summed E-state index contributed by atoms with van der Waals surface area (Å²) in [5.41, 5.74) is 2.27. The molecule has 0 N–H and O–H groups in total. The quantitative estimate of drug-likeness (QED) is 0.731. The van der Waals surface area contributed by atoms with Crippen LogP contribution in [-0.4, -0.2) is 30.9 Å². The fourth-order valence-electron chi connectivity index (χ4n) is 1.98. The van der Waals surface area contributed by atoms with Crippen LogP contribution in [0.3, 0.4) is 0 Å². The fourth-order valence-corrected chi connectivity index (χ4v) is 2.10. The maximum Gasteiger partial charge on any atom is 0.134 e. The van der Waals surface area contributed by atoms with Gasteiger partial charge in [0.2, 0.25) is 0 Å². The number of alkyl halides is 1. The van der Waals surface area contributed by atoms with Gasteiger partial charge in [0.05, 0.1) is 6.26 Å². The highest BCUT2D eigenvalue weighted by Crippen LogP contribution is 2.21. The van der Waals surface area contributed by atoms with Crippen molar-refractivity contribution in [2.45, 2.75) is 12.8 Å². The van der Waals surface area contributed by atoms with Crippen molar-refractivity contribution in [3.63, 3.8) is 0 Å². The van der Waals surface area contributed by atoms with Crippen LogP contribution in [0, 0.1) is 0 Å². The molecule has 0 aliphatic carbocycles. The molecule has 2 aromatic rings. The Balaban J connectivity index is 1.95. The molecule has 0 saturated carbocycles. The average Bonchev–Trinajstić information content (AvgIpc) is 2.77. The Morgan fingerprint density at radius 1 is 1.24 bits per heavy atom. The molecule has 0 unspecified atom stereocenters. The van der Waals surface area contributed by atoms with E-state index in [1.54, 1.807) is 0 Å². The van der Waals surface area contributed by atoms with Gasteiger partial charge in [0.25, 0.3) is 0 Å². The van der Waals surface area contributed by atoms with Crippen molar-refractivity contribution in [3.8, 4) is 0 Å². The molecule has 0 spiro atoms. The van der Waals surface area contributed by atoms with Gasteiger partial charge in [-0.25, -0.2) is 0 Å². The van der Waals surface area contributed by atoms with E-state index >= 15 is 0 Å². The second-order valence-corrected chi connectivity index (χ2v) is 4.73. The monoisotopic (exact) mass is 251 g/mol. The molecule has 0 bridgehead atoms. The van der Waals surface area contributed by atoms with Crippen molar-refractivity contribution in [1.29, 1.82) is 0 Å². The lowest BCUT2D eigenvalue weighted by molar-refractivity contribution is 0.340. The highest BCUT2D eigenvalue weighted by Gasteiger charge is 2.06. The van der Waals surface area contributed by atoms with Crippen LogP contribution in [0.15, 0.2) is 34.9 Å².